The van der Waals surface area contributed by atoms with Crippen LogP contribution in [-0.4, -0.2) is 34.0 Å². The molecule has 0 radical (unpaired) electrons. The highest BCUT2D eigenvalue weighted by atomic mass is 35.5. The highest BCUT2D eigenvalue weighted by molar-refractivity contribution is 7.19. The third-order valence-corrected chi connectivity index (χ3v) is 6.19. The van der Waals surface area contributed by atoms with Gasteiger partial charge in [0.2, 0.25) is 0 Å². The lowest BCUT2D eigenvalue weighted by Gasteiger charge is -2.22. The Bertz CT molecular complexity index is 701. The van der Waals surface area contributed by atoms with E-state index in [0.717, 1.165) is 35.6 Å². The zero-order chi connectivity index (χ0) is 15.1. The van der Waals surface area contributed by atoms with Crippen LogP contribution in [0.2, 0.25) is 0 Å². The molecule has 0 saturated carbocycles. The monoisotopic (exact) mass is 353 g/mol. The van der Waals surface area contributed by atoms with Crippen molar-refractivity contribution in [2.75, 3.05) is 18.8 Å². The quantitative estimate of drug-likeness (QED) is 0.886. The van der Waals surface area contributed by atoms with E-state index in [2.05, 4.69) is 9.88 Å². The van der Waals surface area contributed by atoms with Gasteiger partial charge in [-0.2, -0.15) is 0 Å². The van der Waals surface area contributed by atoms with Gasteiger partial charge in [-0.25, -0.2) is 9.97 Å². The van der Waals surface area contributed by atoms with Gasteiger partial charge in [0.05, 0.1) is 11.9 Å². The molecule has 2 aliphatic rings. The van der Waals surface area contributed by atoms with Crippen LogP contribution in [0, 0.1) is 0 Å². The Kier molecular flexibility index (Phi) is 5.06. The minimum atomic E-state index is 0. The number of nitrogens with two attached hydrogens (primary N) is 2. The summed E-state index contributed by atoms with van der Waals surface area (Å²) in [5, 5.41) is 1.13. The van der Waals surface area contributed by atoms with Crippen molar-refractivity contribution in [1.29, 1.82) is 0 Å². The first-order valence-electron chi connectivity index (χ1n) is 8.27. The number of aromatic nitrogens is 2. The van der Waals surface area contributed by atoms with Crippen molar-refractivity contribution in [3.8, 4) is 0 Å². The highest BCUT2D eigenvalue weighted by Crippen LogP contribution is 2.37. The smallest absolute Gasteiger partial charge is 0.146 e. The minimum Gasteiger partial charge on any atom is -0.383 e. The van der Waals surface area contributed by atoms with Gasteiger partial charge in [-0.1, -0.05) is 0 Å². The van der Waals surface area contributed by atoms with E-state index in [-0.39, 0.29) is 12.4 Å². The molecule has 7 heteroatoms. The summed E-state index contributed by atoms with van der Waals surface area (Å²) in [7, 11) is 0. The maximum absolute atomic E-state index is 6.28. The van der Waals surface area contributed by atoms with Crippen LogP contribution < -0.4 is 11.5 Å². The van der Waals surface area contributed by atoms with Crippen LogP contribution in [0.3, 0.4) is 0 Å². The first-order valence-corrected chi connectivity index (χ1v) is 9.08. The number of aryl methyl sites for hydroxylation is 2. The highest BCUT2D eigenvalue weighted by Gasteiger charge is 2.25. The molecule has 2 aromatic heterocycles. The first kappa shape index (κ1) is 16.9. The number of likely N-dealkylation sites (tertiary alicyclic amines) is 1. The van der Waals surface area contributed by atoms with Crippen molar-refractivity contribution in [2.24, 2.45) is 5.73 Å². The van der Waals surface area contributed by atoms with Gasteiger partial charge in [0, 0.05) is 17.5 Å². The molecular weight excluding hydrogens is 330 g/mol. The molecule has 1 fully saturated rings. The second-order valence-electron chi connectivity index (χ2n) is 6.42. The lowest BCUT2D eigenvalue weighted by molar-refractivity contribution is 0.244. The Morgan fingerprint density at radius 3 is 2.83 bits per heavy atom. The molecule has 1 saturated heterocycles. The van der Waals surface area contributed by atoms with E-state index in [1.165, 1.54) is 42.5 Å². The van der Waals surface area contributed by atoms with Gasteiger partial charge in [0.25, 0.3) is 0 Å². The molecule has 2 aromatic rings. The van der Waals surface area contributed by atoms with Gasteiger partial charge >= 0.3 is 0 Å². The fourth-order valence-corrected chi connectivity index (χ4v) is 5.14. The summed E-state index contributed by atoms with van der Waals surface area (Å²) >= 11 is 1.82. The van der Waals surface area contributed by atoms with Gasteiger partial charge in [0.1, 0.15) is 16.5 Å². The molecule has 1 atom stereocenters. The van der Waals surface area contributed by atoms with Crippen molar-refractivity contribution < 1.29 is 0 Å². The molecular formula is C16H24ClN5S. The maximum Gasteiger partial charge on any atom is 0.146 e. The van der Waals surface area contributed by atoms with Gasteiger partial charge in [-0.15, -0.1) is 23.7 Å². The molecule has 4 N–H and O–H groups in total. The second-order valence-corrected chi connectivity index (χ2v) is 7.50. The molecule has 1 aliphatic heterocycles. The zero-order valence-corrected chi connectivity index (χ0v) is 14.9. The van der Waals surface area contributed by atoms with Gasteiger partial charge in [-0.3, -0.25) is 4.90 Å². The number of halogens is 1. The fraction of sp³-hybridized carbons (Fsp3) is 0.625. The Hall–Kier alpha value is -0.950. The van der Waals surface area contributed by atoms with Gasteiger partial charge < -0.3 is 11.5 Å². The van der Waals surface area contributed by atoms with Crippen LogP contribution in [0.1, 0.15) is 41.9 Å². The van der Waals surface area contributed by atoms with Crippen LogP contribution in [0.5, 0.6) is 0 Å². The van der Waals surface area contributed by atoms with E-state index in [9.17, 15) is 0 Å². The SMILES string of the molecule is Cl.NCC1CCCN1Cc1nc(N)c2c3c(sc2n1)CCCC3. The van der Waals surface area contributed by atoms with Crippen LogP contribution in [0.4, 0.5) is 5.82 Å². The van der Waals surface area contributed by atoms with Crippen molar-refractivity contribution in [1.82, 2.24) is 14.9 Å². The number of fused-ring (bicyclic) bond motifs is 3. The number of hydrogen-bond donors (Lipinski definition) is 2. The van der Waals surface area contributed by atoms with Crippen LogP contribution >= 0.6 is 23.7 Å². The number of nitrogens with zero attached hydrogens (tertiary/aromatic N) is 3. The molecule has 3 heterocycles. The average molecular weight is 354 g/mol. The third kappa shape index (κ3) is 3.05. The fourth-order valence-electron chi connectivity index (χ4n) is 3.85. The molecule has 4 rings (SSSR count). The Balaban J connectivity index is 0.00000156. The summed E-state index contributed by atoms with van der Waals surface area (Å²) < 4.78 is 0. The van der Waals surface area contributed by atoms with Crippen LogP contribution in [0.25, 0.3) is 10.2 Å². The van der Waals surface area contributed by atoms with Crippen LogP contribution in [0.15, 0.2) is 0 Å². The van der Waals surface area contributed by atoms with E-state index in [4.69, 9.17) is 16.5 Å². The molecule has 5 nitrogen and oxygen atoms in total. The Morgan fingerprint density at radius 2 is 2.00 bits per heavy atom. The number of hydrogen-bond acceptors (Lipinski definition) is 6. The van der Waals surface area contributed by atoms with Gasteiger partial charge in [0.15, 0.2) is 0 Å². The minimum absolute atomic E-state index is 0. The number of anilines is 1. The molecule has 1 unspecified atom stereocenters. The largest absolute Gasteiger partial charge is 0.383 e. The third-order valence-electron chi connectivity index (χ3n) is 5.00. The number of thiophene rings is 1. The molecule has 126 valence electrons. The Morgan fingerprint density at radius 1 is 1.17 bits per heavy atom. The van der Waals surface area contributed by atoms with E-state index >= 15 is 0 Å². The number of rotatable bonds is 3. The normalized spacial score (nSPS) is 21.3. The predicted molar refractivity (Wildman–Crippen MR) is 98.2 cm³/mol. The Labute approximate surface area is 146 Å². The molecule has 0 amide bonds. The van der Waals surface area contributed by atoms with Crippen molar-refractivity contribution >= 4 is 39.8 Å². The predicted octanol–water partition coefficient (Wildman–Crippen LogP) is 2.50. The van der Waals surface area contributed by atoms with E-state index in [1.807, 2.05) is 11.3 Å². The van der Waals surface area contributed by atoms with Crippen molar-refractivity contribution in [3.05, 3.63) is 16.3 Å². The number of nitrogen functional groups attached to an aromatic ring is 1. The summed E-state index contributed by atoms with van der Waals surface area (Å²) in [4.78, 5) is 14.4. The summed E-state index contributed by atoms with van der Waals surface area (Å²) in [5.41, 5.74) is 13.6. The van der Waals surface area contributed by atoms with E-state index in [1.54, 1.807) is 0 Å². The molecule has 0 spiro atoms. The zero-order valence-electron chi connectivity index (χ0n) is 13.3. The average Bonchev–Trinajstić information content (AvgIpc) is 3.10. The van der Waals surface area contributed by atoms with Crippen LogP contribution in [-0.2, 0) is 19.4 Å². The topological polar surface area (TPSA) is 81.1 Å². The molecule has 1 aliphatic carbocycles. The van der Waals surface area contributed by atoms with Gasteiger partial charge in [-0.05, 0) is 50.6 Å². The summed E-state index contributed by atoms with van der Waals surface area (Å²) in [6, 6.07) is 0.470. The maximum atomic E-state index is 6.28. The lowest BCUT2D eigenvalue weighted by atomic mass is 9.97. The summed E-state index contributed by atoms with van der Waals surface area (Å²) in [6.45, 7) is 2.57. The van der Waals surface area contributed by atoms with E-state index in [0.29, 0.717) is 18.4 Å². The summed E-state index contributed by atoms with van der Waals surface area (Å²) in [5.74, 6) is 1.52. The molecule has 0 bridgehead atoms. The van der Waals surface area contributed by atoms with Crippen molar-refractivity contribution in [2.45, 2.75) is 51.1 Å². The molecule has 23 heavy (non-hydrogen) atoms. The summed E-state index contributed by atoms with van der Waals surface area (Å²) in [6.07, 6.45) is 7.24. The van der Waals surface area contributed by atoms with E-state index < -0.39 is 0 Å². The lowest BCUT2D eigenvalue weighted by Crippen LogP contribution is -2.35. The van der Waals surface area contributed by atoms with Crippen molar-refractivity contribution in [3.63, 3.8) is 0 Å². The molecule has 0 aromatic carbocycles. The second kappa shape index (κ2) is 6.89. The standard InChI is InChI=1S/C16H23N5S.ClH/c17-8-10-4-3-7-21(10)9-13-19-15(18)14-11-5-1-2-6-12(11)22-16(14)20-13;/h10H,1-9,17H2,(H2,18,19,20);1H. The first-order chi connectivity index (χ1) is 10.8.